The molecule has 2 aliphatic rings. The van der Waals surface area contributed by atoms with E-state index < -0.39 is 5.60 Å². The zero-order valence-corrected chi connectivity index (χ0v) is 20.3. The molecule has 10 nitrogen and oxygen atoms in total. The number of urea groups is 1. The monoisotopic (exact) mass is 481 g/mol. The largest absolute Gasteiger partial charge is 0.463 e. The highest BCUT2D eigenvalue weighted by atomic mass is 16.6. The molecule has 1 aromatic heterocycles. The average molecular weight is 482 g/mol. The predicted molar refractivity (Wildman–Crippen MR) is 127 cm³/mol. The maximum atomic E-state index is 12.2. The number of nitrogens with zero attached hydrogens (tertiary/aromatic N) is 4. The Labute approximate surface area is 204 Å². The Bertz CT molecular complexity index is 1040. The van der Waals surface area contributed by atoms with E-state index in [0.29, 0.717) is 31.6 Å². The number of aromatic nitrogens is 2. The second kappa shape index (κ2) is 10.3. The second-order valence-corrected chi connectivity index (χ2v) is 9.81. The number of rotatable bonds is 6. The summed E-state index contributed by atoms with van der Waals surface area (Å²) >= 11 is 0. The van der Waals surface area contributed by atoms with Crippen LogP contribution in [-0.4, -0.2) is 69.6 Å². The molecule has 0 radical (unpaired) electrons. The van der Waals surface area contributed by atoms with E-state index in [1.54, 1.807) is 17.3 Å². The van der Waals surface area contributed by atoms with Crippen molar-refractivity contribution in [1.29, 1.82) is 0 Å². The van der Waals surface area contributed by atoms with E-state index in [9.17, 15) is 14.4 Å². The van der Waals surface area contributed by atoms with Gasteiger partial charge in [-0.1, -0.05) is 24.3 Å². The molecule has 35 heavy (non-hydrogen) atoms. The van der Waals surface area contributed by atoms with E-state index >= 15 is 0 Å². The van der Waals surface area contributed by atoms with Crippen LogP contribution in [0.1, 0.15) is 39.2 Å². The van der Waals surface area contributed by atoms with Gasteiger partial charge in [0.1, 0.15) is 5.60 Å². The maximum Gasteiger partial charge on any atom is 0.410 e. The highest BCUT2D eigenvalue weighted by Crippen LogP contribution is 2.22. The molecule has 10 heteroatoms. The summed E-state index contributed by atoms with van der Waals surface area (Å²) in [5.74, 6) is 0.103. The molecule has 0 spiro atoms. The van der Waals surface area contributed by atoms with Crippen molar-refractivity contribution < 1.29 is 23.9 Å². The quantitative estimate of drug-likeness (QED) is 0.630. The molecule has 4 rings (SSSR count). The molecule has 2 aromatic rings. The first kappa shape index (κ1) is 24.4. The van der Waals surface area contributed by atoms with Gasteiger partial charge in [0, 0.05) is 31.0 Å². The number of carbonyl (C=O) groups is 3. The van der Waals surface area contributed by atoms with Gasteiger partial charge in [-0.2, -0.15) is 0 Å². The van der Waals surface area contributed by atoms with Gasteiger partial charge in [-0.25, -0.2) is 19.6 Å². The number of hydrogen-bond donors (Lipinski definition) is 1. The van der Waals surface area contributed by atoms with Crippen molar-refractivity contribution in [1.82, 2.24) is 25.1 Å². The number of hydrogen-bond acceptors (Lipinski definition) is 7. The van der Waals surface area contributed by atoms with Gasteiger partial charge in [-0.05, 0) is 50.7 Å². The Morgan fingerprint density at radius 3 is 2.29 bits per heavy atom. The molecule has 3 heterocycles. The summed E-state index contributed by atoms with van der Waals surface area (Å²) in [4.78, 5) is 47.2. The highest BCUT2D eigenvalue weighted by molar-refractivity contribution is 6.01. The molecule has 1 aromatic carbocycles. The lowest BCUT2D eigenvalue weighted by molar-refractivity contribution is -0.125. The first-order chi connectivity index (χ1) is 16.7. The Hall–Kier alpha value is -3.69. The third-order valence-electron chi connectivity index (χ3n) is 5.91. The Morgan fingerprint density at radius 1 is 1.06 bits per heavy atom. The lowest BCUT2D eigenvalue weighted by Crippen LogP contribution is -2.42. The van der Waals surface area contributed by atoms with Crippen LogP contribution in [0.4, 0.5) is 9.59 Å². The molecule has 0 atom stereocenters. The molecule has 0 unspecified atom stereocenters. The van der Waals surface area contributed by atoms with Gasteiger partial charge in [-0.15, -0.1) is 0 Å². The number of amides is 4. The van der Waals surface area contributed by atoms with Crippen molar-refractivity contribution in [3.63, 3.8) is 0 Å². The van der Waals surface area contributed by atoms with Crippen molar-refractivity contribution in [3.8, 4) is 17.1 Å². The van der Waals surface area contributed by atoms with Gasteiger partial charge in [0.25, 0.3) is 0 Å². The van der Waals surface area contributed by atoms with E-state index in [4.69, 9.17) is 9.47 Å². The van der Waals surface area contributed by atoms with E-state index in [-0.39, 0.29) is 31.1 Å². The van der Waals surface area contributed by atoms with Crippen LogP contribution in [0.15, 0.2) is 36.7 Å². The highest BCUT2D eigenvalue weighted by Gasteiger charge is 2.28. The number of piperidine rings is 1. The van der Waals surface area contributed by atoms with Gasteiger partial charge in [0.05, 0.1) is 19.7 Å². The molecule has 2 saturated heterocycles. The number of imide groups is 1. The van der Waals surface area contributed by atoms with Crippen molar-refractivity contribution in [2.45, 2.75) is 45.8 Å². The lowest BCUT2D eigenvalue weighted by atomic mass is 9.98. The fraction of sp³-hybridized carbons (Fsp3) is 0.480. The fourth-order valence-corrected chi connectivity index (χ4v) is 3.94. The topological polar surface area (TPSA) is 114 Å². The summed E-state index contributed by atoms with van der Waals surface area (Å²) in [6.45, 7) is 7.69. The van der Waals surface area contributed by atoms with E-state index in [0.717, 1.165) is 29.5 Å². The summed E-state index contributed by atoms with van der Waals surface area (Å²) in [7, 11) is 0. The van der Waals surface area contributed by atoms with E-state index in [1.807, 2.05) is 45.0 Å². The van der Waals surface area contributed by atoms with Crippen LogP contribution in [0.5, 0.6) is 6.01 Å². The van der Waals surface area contributed by atoms with Crippen molar-refractivity contribution in [2.75, 3.05) is 26.2 Å². The maximum absolute atomic E-state index is 12.2. The summed E-state index contributed by atoms with van der Waals surface area (Å²) in [6, 6.07) is 7.52. The zero-order chi connectivity index (χ0) is 25.0. The van der Waals surface area contributed by atoms with Crippen LogP contribution in [0.2, 0.25) is 0 Å². The minimum Gasteiger partial charge on any atom is -0.463 e. The molecule has 1 N–H and O–H groups in total. The van der Waals surface area contributed by atoms with Crippen molar-refractivity contribution in [3.05, 3.63) is 42.2 Å². The van der Waals surface area contributed by atoms with Gasteiger partial charge < -0.3 is 19.7 Å². The average Bonchev–Trinajstić information content (AvgIpc) is 3.15. The number of benzene rings is 1. The second-order valence-electron chi connectivity index (χ2n) is 9.81. The van der Waals surface area contributed by atoms with Gasteiger partial charge in [-0.3, -0.25) is 9.69 Å². The molecule has 0 aliphatic carbocycles. The number of nitrogens with one attached hydrogen (secondary N) is 1. The van der Waals surface area contributed by atoms with Gasteiger partial charge in [0.15, 0.2) is 0 Å². The lowest BCUT2D eigenvalue weighted by Gasteiger charge is -2.33. The summed E-state index contributed by atoms with van der Waals surface area (Å²) in [5.41, 5.74) is 2.13. The molecule has 186 valence electrons. The third kappa shape index (κ3) is 6.46. The normalized spacial score (nSPS) is 16.9. The van der Waals surface area contributed by atoms with Crippen molar-refractivity contribution in [2.24, 2.45) is 5.92 Å². The predicted octanol–water partition coefficient (Wildman–Crippen LogP) is 3.22. The van der Waals surface area contributed by atoms with Gasteiger partial charge in [0.2, 0.25) is 5.91 Å². The van der Waals surface area contributed by atoms with E-state index in [1.165, 1.54) is 4.90 Å². The molecule has 2 fully saturated rings. The summed E-state index contributed by atoms with van der Waals surface area (Å²) in [6.07, 6.45) is 4.83. The smallest absolute Gasteiger partial charge is 0.410 e. The van der Waals surface area contributed by atoms with E-state index in [2.05, 4.69) is 15.3 Å². The molecule has 0 bridgehead atoms. The molecule has 0 saturated carbocycles. The van der Waals surface area contributed by atoms with Crippen LogP contribution >= 0.6 is 0 Å². The molecular formula is C25H31N5O5. The van der Waals surface area contributed by atoms with Crippen LogP contribution in [0.3, 0.4) is 0 Å². The standard InChI is InChI=1S/C25H31N5O5/c1-25(2,3)35-24(33)29-10-8-18(9-11-29)16-34-22-26-12-20(13-27-22)19-6-4-17(5-7-19)15-30-21(31)14-28-23(30)32/h4-7,12-13,18H,8-11,14-16H2,1-3H3,(H,28,32). The fourth-order valence-electron chi connectivity index (χ4n) is 3.94. The minimum absolute atomic E-state index is 0.0496. The summed E-state index contributed by atoms with van der Waals surface area (Å²) < 4.78 is 11.2. The number of likely N-dealkylation sites (tertiary alicyclic amines) is 1. The first-order valence-corrected chi connectivity index (χ1v) is 11.8. The molecule has 2 aliphatic heterocycles. The Morgan fingerprint density at radius 2 is 1.71 bits per heavy atom. The molecular weight excluding hydrogens is 450 g/mol. The number of carbonyl (C=O) groups excluding carboxylic acids is 3. The molecule has 4 amide bonds. The SMILES string of the molecule is CC(C)(C)OC(=O)N1CCC(COc2ncc(-c3ccc(CN4C(=O)CNC4=O)cc3)cn2)CC1. The van der Waals surface area contributed by atoms with Gasteiger partial charge >= 0.3 is 18.1 Å². The van der Waals surface area contributed by atoms with Crippen LogP contribution in [0, 0.1) is 5.92 Å². The van der Waals surface area contributed by atoms with Crippen molar-refractivity contribution >= 4 is 18.0 Å². The number of ether oxygens (including phenoxy) is 2. The van der Waals surface area contributed by atoms with Crippen LogP contribution in [-0.2, 0) is 16.1 Å². The zero-order valence-electron chi connectivity index (χ0n) is 20.3. The summed E-state index contributed by atoms with van der Waals surface area (Å²) in [5, 5.41) is 2.52. The minimum atomic E-state index is -0.491. The first-order valence-electron chi connectivity index (χ1n) is 11.8. The third-order valence-corrected chi connectivity index (χ3v) is 5.91. The van der Waals surface area contributed by atoms with Crippen LogP contribution in [0.25, 0.3) is 11.1 Å². The Balaban J connectivity index is 1.24. The Kier molecular flexibility index (Phi) is 7.18. The van der Waals surface area contributed by atoms with Crippen LogP contribution < -0.4 is 10.1 Å².